The van der Waals surface area contributed by atoms with Gasteiger partial charge in [0.15, 0.2) is 23.2 Å². The molecule has 0 radical (unpaired) electrons. The minimum absolute atomic E-state index is 0.0352. The number of fused-ring (bicyclic) bond motifs is 1. The number of aromatic amines is 1. The van der Waals surface area contributed by atoms with Crippen molar-refractivity contribution in [2.75, 3.05) is 12.3 Å². The second-order valence-corrected chi connectivity index (χ2v) is 5.93. The van der Waals surface area contributed by atoms with E-state index < -0.39 is 0 Å². The Bertz CT molecular complexity index is 938. The Hall–Kier alpha value is -3.17. The summed E-state index contributed by atoms with van der Waals surface area (Å²) in [6, 6.07) is 2.94. The zero-order valence-electron chi connectivity index (χ0n) is 14.5. The van der Waals surface area contributed by atoms with Crippen LogP contribution in [0.3, 0.4) is 0 Å². The highest BCUT2D eigenvalue weighted by Crippen LogP contribution is 2.22. The molecule has 3 aromatic rings. The van der Waals surface area contributed by atoms with Crippen LogP contribution >= 0.6 is 0 Å². The third-order valence-corrected chi connectivity index (χ3v) is 4.06. The topological polar surface area (TPSA) is 144 Å². The number of nitrogen functional groups attached to an aromatic ring is 1. The van der Waals surface area contributed by atoms with E-state index in [0.717, 1.165) is 12.8 Å². The molecule has 10 heteroatoms. The second kappa shape index (κ2) is 7.38. The minimum atomic E-state index is -0.354. The van der Waals surface area contributed by atoms with E-state index in [0.29, 0.717) is 37.3 Å². The number of ether oxygens (including phenoxy) is 1. The highest BCUT2D eigenvalue weighted by molar-refractivity contribution is 5.81. The van der Waals surface area contributed by atoms with Gasteiger partial charge >= 0.3 is 11.7 Å². The van der Waals surface area contributed by atoms with Gasteiger partial charge in [-0.05, 0) is 12.8 Å². The molecule has 5 N–H and O–H groups in total. The Balaban J connectivity index is 1.80. The Morgan fingerprint density at radius 2 is 1.85 bits per heavy atom. The zero-order chi connectivity index (χ0) is 18.7. The molecule has 3 aromatic heterocycles. The van der Waals surface area contributed by atoms with Crippen molar-refractivity contribution in [1.82, 2.24) is 24.1 Å². The lowest BCUT2D eigenvalue weighted by atomic mass is 10.4. The minimum Gasteiger partial charge on any atom is -0.494 e. The number of anilines is 1. The van der Waals surface area contributed by atoms with Gasteiger partial charge in [-0.2, -0.15) is 9.97 Å². The molecule has 26 heavy (non-hydrogen) atoms. The number of H-pyrrole nitrogens is 1. The normalized spacial score (nSPS) is 11.3. The van der Waals surface area contributed by atoms with Gasteiger partial charge in [0.25, 0.3) is 0 Å². The predicted molar refractivity (Wildman–Crippen MR) is 95.3 cm³/mol. The number of hydrogen-bond donors (Lipinski definition) is 4. The monoisotopic (exact) mass is 362 g/mol. The molecule has 0 atom stereocenters. The molecule has 140 valence electrons. The first kappa shape index (κ1) is 17.6. The molecule has 0 aliphatic rings. The molecule has 0 fully saturated rings. The number of nitrogens with one attached hydrogen (secondary N) is 1. The fraction of sp³-hybridized carbons (Fsp3) is 0.438. The Labute approximate surface area is 148 Å². The number of aromatic nitrogens is 5. The lowest BCUT2D eigenvalue weighted by molar-refractivity contribution is 0.286. The summed E-state index contributed by atoms with van der Waals surface area (Å²) in [5.41, 5.74) is 6.29. The molecule has 0 amide bonds. The number of aromatic hydroxyl groups is 2. The van der Waals surface area contributed by atoms with Gasteiger partial charge in [0.2, 0.25) is 0 Å². The molecular weight excluding hydrogens is 340 g/mol. The van der Waals surface area contributed by atoms with Crippen molar-refractivity contribution in [3.05, 3.63) is 22.6 Å². The average molecular weight is 362 g/mol. The summed E-state index contributed by atoms with van der Waals surface area (Å²) >= 11 is 0. The van der Waals surface area contributed by atoms with Crippen molar-refractivity contribution in [3.63, 3.8) is 0 Å². The van der Waals surface area contributed by atoms with Crippen LogP contribution in [0.25, 0.3) is 11.2 Å². The quantitative estimate of drug-likeness (QED) is 0.440. The SMILES string of the molecule is CCCCOc1nc(N)c2[nH]c(=O)n(CCCn3c(O)ccc3O)c2n1. The predicted octanol–water partition coefficient (Wildman–Crippen LogP) is 1.18. The van der Waals surface area contributed by atoms with Crippen LogP contribution < -0.4 is 16.2 Å². The highest BCUT2D eigenvalue weighted by atomic mass is 16.5. The van der Waals surface area contributed by atoms with E-state index in [-0.39, 0.29) is 29.3 Å². The summed E-state index contributed by atoms with van der Waals surface area (Å²) in [6.07, 6.45) is 2.33. The van der Waals surface area contributed by atoms with Gasteiger partial charge < -0.3 is 25.7 Å². The summed E-state index contributed by atoms with van der Waals surface area (Å²) in [5, 5.41) is 19.3. The summed E-state index contributed by atoms with van der Waals surface area (Å²) in [7, 11) is 0. The lowest BCUT2D eigenvalue weighted by Gasteiger charge is -2.08. The van der Waals surface area contributed by atoms with Crippen LogP contribution in [-0.4, -0.2) is 40.9 Å². The van der Waals surface area contributed by atoms with Gasteiger partial charge in [0, 0.05) is 25.2 Å². The van der Waals surface area contributed by atoms with Gasteiger partial charge in [-0.15, -0.1) is 0 Å². The number of aryl methyl sites for hydroxylation is 1. The molecule has 0 aromatic carbocycles. The van der Waals surface area contributed by atoms with E-state index in [1.54, 1.807) is 0 Å². The molecule has 0 spiro atoms. The van der Waals surface area contributed by atoms with Crippen LogP contribution in [0.2, 0.25) is 0 Å². The van der Waals surface area contributed by atoms with Crippen LogP contribution in [-0.2, 0) is 13.1 Å². The van der Waals surface area contributed by atoms with E-state index in [2.05, 4.69) is 15.0 Å². The smallest absolute Gasteiger partial charge is 0.327 e. The fourth-order valence-electron chi connectivity index (χ4n) is 2.67. The molecule has 0 unspecified atom stereocenters. The number of nitrogens with zero attached hydrogens (tertiary/aromatic N) is 4. The fourth-order valence-corrected chi connectivity index (χ4v) is 2.67. The van der Waals surface area contributed by atoms with Crippen molar-refractivity contribution in [2.45, 2.75) is 39.3 Å². The molecule has 0 aliphatic heterocycles. The number of unbranched alkanes of at least 4 members (excludes halogenated alkanes) is 1. The molecule has 0 saturated carbocycles. The average Bonchev–Trinajstić information content (AvgIpc) is 3.09. The molecule has 3 rings (SSSR count). The van der Waals surface area contributed by atoms with E-state index in [1.165, 1.54) is 21.3 Å². The van der Waals surface area contributed by atoms with E-state index >= 15 is 0 Å². The molecule has 0 saturated heterocycles. The first-order valence-corrected chi connectivity index (χ1v) is 8.47. The molecular formula is C16H22N6O4. The third kappa shape index (κ3) is 3.44. The van der Waals surface area contributed by atoms with Crippen molar-refractivity contribution in [2.24, 2.45) is 0 Å². The van der Waals surface area contributed by atoms with E-state index in [1.807, 2.05) is 6.92 Å². The zero-order valence-corrected chi connectivity index (χ0v) is 14.5. The van der Waals surface area contributed by atoms with Crippen LogP contribution in [0.1, 0.15) is 26.2 Å². The summed E-state index contributed by atoms with van der Waals surface area (Å²) < 4.78 is 8.28. The lowest BCUT2D eigenvalue weighted by Crippen LogP contribution is -2.18. The number of rotatable bonds is 8. The molecule has 0 aliphatic carbocycles. The second-order valence-electron chi connectivity index (χ2n) is 5.93. The first-order chi connectivity index (χ1) is 12.5. The van der Waals surface area contributed by atoms with Gasteiger partial charge in [-0.25, -0.2) is 4.79 Å². The van der Waals surface area contributed by atoms with Crippen molar-refractivity contribution >= 4 is 17.0 Å². The summed E-state index contributed by atoms with van der Waals surface area (Å²) in [5.74, 6) is 0.0805. The first-order valence-electron chi connectivity index (χ1n) is 8.47. The van der Waals surface area contributed by atoms with Crippen molar-refractivity contribution in [1.29, 1.82) is 0 Å². The Morgan fingerprint density at radius 3 is 2.54 bits per heavy atom. The van der Waals surface area contributed by atoms with Gasteiger partial charge in [0.1, 0.15) is 5.52 Å². The van der Waals surface area contributed by atoms with Crippen LogP contribution in [0.4, 0.5) is 5.82 Å². The molecule has 3 heterocycles. The largest absolute Gasteiger partial charge is 0.494 e. The van der Waals surface area contributed by atoms with Gasteiger partial charge in [-0.1, -0.05) is 13.3 Å². The van der Waals surface area contributed by atoms with Gasteiger partial charge in [0.05, 0.1) is 6.61 Å². The van der Waals surface area contributed by atoms with E-state index in [9.17, 15) is 15.0 Å². The standard InChI is InChI=1S/C16H22N6O4/c1-2-3-9-26-15-19-13(17)12-14(20-15)22(16(25)18-12)8-4-7-21-10(23)5-6-11(21)24/h5-6,23-24H,2-4,7-9H2,1H3,(H,18,25)(H2,17,19,20). The van der Waals surface area contributed by atoms with Crippen LogP contribution in [0.15, 0.2) is 16.9 Å². The Kier molecular flexibility index (Phi) is 5.01. The van der Waals surface area contributed by atoms with Crippen LogP contribution in [0, 0.1) is 0 Å². The molecule has 0 bridgehead atoms. The maximum atomic E-state index is 12.2. The summed E-state index contributed by atoms with van der Waals surface area (Å²) in [4.78, 5) is 23.2. The number of hydrogen-bond acceptors (Lipinski definition) is 7. The van der Waals surface area contributed by atoms with Gasteiger partial charge in [-0.3, -0.25) is 9.13 Å². The third-order valence-electron chi connectivity index (χ3n) is 4.06. The van der Waals surface area contributed by atoms with E-state index in [4.69, 9.17) is 10.5 Å². The van der Waals surface area contributed by atoms with Crippen molar-refractivity contribution < 1.29 is 14.9 Å². The number of nitrogens with two attached hydrogens (primary N) is 1. The van der Waals surface area contributed by atoms with Crippen LogP contribution in [0.5, 0.6) is 17.8 Å². The number of imidazole rings is 1. The summed E-state index contributed by atoms with van der Waals surface area (Å²) in [6.45, 7) is 3.18. The highest BCUT2D eigenvalue weighted by Gasteiger charge is 2.15. The Morgan fingerprint density at radius 1 is 1.15 bits per heavy atom. The maximum absolute atomic E-state index is 12.2. The maximum Gasteiger partial charge on any atom is 0.327 e. The van der Waals surface area contributed by atoms with Crippen molar-refractivity contribution in [3.8, 4) is 17.8 Å². The molecule has 10 nitrogen and oxygen atoms in total.